The molecule has 0 aliphatic rings. The van der Waals surface area contributed by atoms with Crippen LogP contribution in [0.2, 0.25) is 0 Å². The summed E-state index contributed by atoms with van der Waals surface area (Å²) in [5, 5.41) is 0. The number of rotatable bonds is 4. The van der Waals surface area contributed by atoms with Crippen molar-refractivity contribution in [3.63, 3.8) is 0 Å². The Morgan fingerprint density at radius 1 is 0.783 bits per heavy atom. The van der Waals surface area contributed by atoms with Gasteiger partial charge in [0.2, 0.25) is 5.91 Å². The molecular formula is C19H19NO3. The molecule has 0 atom stereocenters. The van der Waals surface area contributed by atoms with Gasteiger partial charge in [-0.15, -0.1) is 0 Å². The molecular weight excluding hydrogens is 290 g/mol. The number of hydrogen-bond donors (Lipinski definition) is 0. The van der Waals surface area contributed by atoms with Crippen LogP contribution in [0.3, 0.4) is 0 Å². The Morgan fingerprint density at radius 2 is 1.22 bits per heavy atom. The van der Waals surface area contributed by atoms with Crippen LogP contribution >= 0.6 is 0 Å². The highest BCUT2D eigenvalue weighted by atomic mass is 16.2. The number of nitrogens with zero attached hydrogens (tertiary/aromatic N) is 1. The average molecular weight is 309 g/mol. The summed E-state index contributed by atoms with van der Waals surface area (Å²) in [7, 11) is 1.40. The van der Waals surface area contributed by atoms with Crippen LogP contribution in [-0.4, -0.2) is 29.5 Å². The van der Waals surface area contributed by atoms with Gasteiger partial charge in [-0.05, 0) is 26.0 Å². The first-order valence-electron chi connectivity index (χ1n) is 7.33. The SMILES string of the molecule is CN(C(=O)c1ccccc1)C(=O)C(C)(C)C(=O)c1ccccc1. The predicted molar refractivity (Wildman–Crippen MR) is 88.1 cm³/mol. The van der Waals surface area contributed by atoms with Gasteiger partial charge in [-0.1, -0.05) is 48.5 Å². The molecule has 0 bridgehead atoms. The highest BCUT2D eigenvalue weighted by molar-refractivity contribution is 6.17. The summed E-state index contributed by atoms with van der Waals surface area (Å²) in [6, 6.07) is 17.1. The van der Waals surface area contributed by atoms with Gasteiger partial charge in [0.25, 0.3) is 5.91 Å². The average Bonchev–Trinajstić information content (AvgIpc) is 2.60. The van der Waals surface area contributed by atoms with Gasteiger partial charge in [0.1, 0.15) is 5.41 Å². The van der Waals surface area contributed by atoms with Crippen molar-refractivity contribution in [1.29, 1.82) is 0 Å². The summed E-state index contributed by atoms with van der Waals surface area (Å²) < 4.78 is 0. The molecule has 0 unspecified atom stereocenters. The zero-order valence-electron chi connectivity index (χ0n) is 13.4. The Morgan fingerprint density at radius 3 is 1.70 bits per heavy atom. The quantitative estimate of drug-likeness (QED) is 0.644. The van der Waals surface area contributed by atoms with E-state index in [0.29, 0.717) is 11.1 Å². The number of amides is 2. The molecule has 0 saturated carbocycles. The van der Waals surface area contributed by atoms with Crippen molar-refractivity contribution in [2.45, 2.75) is 13.8 Å². The van der Waals surface area contributed by atoms with Gasteiger partial charge in [-0.3, -0.25) is 19.3 Å². The normalized spacial score (nSPS) is 10.9. The summed E-state index contributed by atoms with van der Waals surface area (Å²) in [5.74, 6) is -1.26. The fourth-order valence-electron chi connectivity index (χ4n) is 2.33. The molecule has 23 heavy (non-hydrogen) atoms. The third-order valence-corrected chi connectivity index (χ3v) is 3.77. The molecule has 0 heterocycles. The summed E-state index contributed by atoms with van der Waals surface area (Å²) in [5.41, 5.74) is -0.460. The van der Waals surface area contributed by atoms with E-state index in [1.807, 2.05) is 0 Å². The molecule has 0 aliphatic heterocycles. The van der Waals surface area contributed by atoms with E-state index in [9.17, 15) is 14.4 Å². The Hall–Kier alpha value is -2.75. The molecule has 2 aromatic carbocycles. The van der Waals surface area contributed by atoms with E-state index >= 15 is 0 Å². The molecule has 4 heteroatoms. The standard InChI is InChI=1S/C19H19NO3/c1-19(2,16(21)14-10-6-4-7-11-14)18(23)20(3)17(22)15-12-8-5-9-13-15/h4-13H,1-3H3. The second-order valence-electron chi connectivity index (χ2n) is 5.86. The molecule has 0 N–H and O–H groups in total. The van der Waals surface area contributed by atoms with Crippen LogP contribution in [-0.2, 0) is 4.79 Å². The summed E-state index contributed by atoms with van der Waals surface area (Å²) in [4.78, 5) is 38.7. The van der Waals surface area contributed by atoms with Gasteiger partial charge in [-0.25, -0.2) is 0 Å². The van der Waals surface area contributed by atoms with Gasteiger partial charge in [0.15, 0.2) is 5.78 Å². The smallest absolute Gasteiger partial charge is 0.260 e. The molecule has 118 valence electrons. The molecule has 0 aliphatic carbocycles. The van der Waals surface area contributed by atoms with Crippen LogP contribution in [0.15, 0.2) is 60.7 Å². The Kier molecular flexibility index (Phi) is 4.74. The van der Waals surface area contributed by atoms with Crippen LogP contribution in [0, 0.1) is 5.41 Å². The van der Waals surface area contributed by atoms with Crippen LogP contribution in [0.25, 0.3) is 0 Å². The Labute approximate surface area is 135 Å². The maximum Gasteiger partial charge on any atom is 0.260 e. The maximum atomic E-state index is 12.7. The van der Waals surface area contributed by atoms with Gasteiger partial charge >= 0.3 is 0 Å². The van der Waals surface area contributed by atoms with Crippen molar-refractivity contribution in [3.8, 4) is 0 Å². The molecule has 0 saturated heterocycles. The van der Waals surface area contributed by atoms with Gasteiger partial charge in [-0.2, -0.15) is 0 Å². The maximum absolute atomic E-state index is 12.7. The first-order chi connectivity index (χ1) is 10.9. The van der Waals surface area contributed by atoms with E-state index < -0.39 is 17.2 Å². The Bertz CT molecular complexity index is 721. The van der Waals surface area contributed by atoms with E-state index in [-0.39, 0.29) is 5.78 Å². The molecule has 0 radical (unpaired) electrons. The number of ketones is 1. The Balaban J connectivity index is 2.24. The van der Waals surface area contributed by atoms with Crippen LogP contribution < -0.4 is 0 Å². The minimum absolute atomic E-state index is 0.309. The van der Waals surface area contributed by atoms with Crippen LogP contribution in [0.4, 0.5) is 0 Å². The number of imide groups is 1. The van der Waals surface area contributed by atoms with Crippen molar-refractivity contribution in [1.82, 2.24) is 4.90 Å². The third kappa shape index (κ3) is 3.37. The minimum atomic E-state index is -1.32. The number of carbonyl (C=O) groups excluding carboxylic acids is 3. The first kappa shape index (κ1) is 16.6. The van der Waals surface area contributed by atoms with Crippen LogP contribution in [0.5, 0.6) is 0 Å². The number of benzene rings is 2. The monoisotopic (exact) mass is 309 g/mol. The first-order valence-corrected chi connectivity index (χ1v) is 7.33. The molecule has 2 rings (SSSR count). The van der Waals surface area contributed by atoms with Crippen molar-refractivity contribution >= 4 is 17.6 Å². The lowest BCUT2D eigenvalue weighted by molar-refractivity contribution is -0.134. The van der Waals surface area contributed by atoms with Crippen LogP contribution in [0.1, 0.15) is 34.6 Å². The van der Waals surface area contributed by atoms with E-state index in [0.717, 1.165) is 4.90 Å². The van der Waals surface area contributed by atoms with E-state index in [4.69, 9.17) is 0 Å². The number of carbonyl (C=O) groups is 3. The summed E-state index contributed by atoms with van der Waals surface area (Å²) in [6.07, 6.45) is 0. The van der Waals surface area contributed by atoms with Crippen molar-refractivity contribution < 1.29 is 14.4 Å². The van der Waals surface area contributed by atoms with Gasteiger partial charge in [0.05, 0.1) is 0 Å². The number of hydrogen-bond acceptors (Lipinski definition) is 3. The van der Waals surface area contributed by atoms with E-state index in [1.165, 1.54) is 7.05 Å². The lowest BCUT2D eigenvalue weighted by Gasteiger charge is -2.27. The van der Waals surface area contributed by atoms with Crippen molar-refractivity contribution in [3.05, 3.63) is 71.8 Å². The minimum Gasteiger partial charge on any atom is -0.293 e. The number of Topliss-reactive ketones (excluding diaryl/α,β-unsaturated/α-hetero) is 1. The molecule has 0 aromatic heterocycles. The zero-order valence-corrected chi connectivity index (χ0v) is 13.4. The topological polar surface area (TPSA) is 54.5 Å². The van der Waals surface area contributed by atoms with Crippen molar-refractivity contribution in [2.75, 3.05) is 7.05 Å². The second-order valence-corrected chi connectivity index (χ2v) is 5.86. The molecule has 0 fully saturated rings. The fourth-order valence-corrected chi connectivity index (χ4v) is 2.33. The lowest BCUT2D eigenvalue weighted by Crippen LogP contribution is -2.46. The van der Waals surface area contributed by atoms with Crippen molar-refractivity contribution in [2.24, 2.45) is 5.41 Å². The lowest BCUT2D eigenvalue weighted by atomic mass is 9.82. The molecule has 2 amide bonds. The van der Waals surface area contributed by atoms with Gasteiger partial charge in [0, 0.05) is 18.2 Å². The third-order valence-electron chi connectivity index (χ3n) is 3.77. The summed E-state index contributed by atoms with van der Waals surface area (Å²) >= 11 is 0. The second kappa shape index (κ2) is 6.57. The largest absolute Gasteiger partial charge is 0.293 e. The van der Waals surface area contributed by atoms with E-state index in [1.54, 1.807) is 74.5 Å². The molecule has 0 spiro atoms. The summed E-state index contributed by atoms with van der Waals surface area (Å²) in [6.45, 7) is 3.08. The zero-order chi connectivity index (χ0) is 17.0. The predicted octanol–water partition coefficient (Wildman–Crippen LogP) is 3.19. The van der Waals surface area contributed by atoms with Gasteiger partial charge < -0.3 is 0 Å². The highest BCUT2D eigenvalue weighted by Crippen LogP contribution is 2.25. The van der Waals surface area contributed by atoms with E-state index in [2.05, 4.69) is 0 Å². The molecule has 2 aromatic rings. The molecule has 4 nitrogen and oxygen atoms in total. The fraction of sp³-hybridized carbons (Fsp3) is 0.211. The highest BCUT2D eigenvalue weighted by Gasteiger charge is 2.40.